The molecule has 0 atom stereocenters. The summed E-state index contributed by atoms with van der Waals surface area (Å²) in [5.41, 5.74) is 4.26. The third kappa shape index (κ3) is 4.19. The van der Waals surface area contributed by atoms with Gasteiger partial charge in [0, 0.05) is 43.1 Å². The number of benzene rings is 2. The Hall–Kier alpha value is -3.06. The van der Waals surface area contributed by atoms with Crippen LogP contribution >= 0.6 is 0 Å². The number of amides is 1. The molecule has 3 aromatic rings. The molecular weight excluding hydrogens is 366 g/mol. The van der Waals surface area contributed by atoms with Gasteiger partial charge in [-0.1, -0.05) is 0 Å². The maximum absolute atomic E-state index is 12.7. The van der Waals surface area contributed by atoms with E-state index in [4.69, 9.17) is 4.74 Å². The lowest BCUT2D eigenvalue weighted by atomic mass is 10.1. The largest absolute Gasteiger partial charge is 0.378 e. The summed E-state index contributed by atoms with van der Waals surface area (Å²) in [4.78, 5) is 24.9. The summed E-state index contributed by atoms with van der Waals surface area (Å²) in [6.07, 6.45) is 0. The van der Waals surface area contributed by atoms with Crippen LogP contribution < -0.4 is 15.1 Å². The van der Waals surface area contributed by atoms with Gasteiger partial charge < -0.3 is 24.8 Å². The van der Waals surface area contributed by atoms with Gasteiger partial charge in [0.25, 0.3) is 5.91 Å². The van der Waals surface area contributed by atoms with Crippen molar-refractivity contribution in [1.29, 1.82) is 0 Å². The van der Waals surface area contributed by atoms with E-state index in [0.29, 0.717) is 11.6 Å². The summed E-state index contributed by atoms with van der Waals surface area (Å²) in [5, 5.41) is 2.98. The fraction of sp³-hybridized carbons (Fsp3) is 0.364. The lowest BCUT2D eigenvalue weighted by molar-refractivity contribution is 0.102. The highest BCUT2D eigenvalue weighted by molar-refractivity contribution is 6.05. The molecule has 4 rings (SSSR count). The lowest BCUT2D eigenvalue weighted by Gasteiger charge is -2.28. The summed E-state index contributed by atoms with van der Waals surface area (Å²) >= 11 is 0. The van der Waals surface area contributed by atoms with Crippen molar-refractivity contribution < 1.29 is 9.53 Å². The molecule has 2 heterocycles. The van der Waals surface area contributed by atoms with Crippen LogP contribution in [0.4, 0.5) is 17.3 Å². The normalized spacial score (nSPS) is 14.4. The van der Waals surface area contributed by atoms with Crippen LogP contribution in [0.3, 0.4) is 0 Å². The Kier molecular flexibility index (Phi) is 5.40. The van der Waals surface area contributed by atoms with E-state index in [2.05, 4.69) is 38.9 Å². The molecule has 0 spiro atoms. The highest BCUT2D eigenvalue weighted by Crippen LogP contribution is 2.22. The molecular formula is C22H27N5O2. The number of anilines is 3. The summed E-state index contributed by atoms with van der Waals surface area (Å²) < 4.78 is 5.39. The Morgan fingerprint density at radius 2 is 1.90 bits per heavy atom. The number of nitrogens with one attached hydrogen (secondary N) is 2. The van der Waals surface area contributed by atoms with E-state index in [0.717, 1.165) is 54.7 Å². The molecule has 152 valence electrons. The number of fused-ring (bicyclic) bond motifs is 1. The number of nitrogens with zero attached hydrogens (tertiary/aromatic N) is 3. The van der Waals surface area contributed by atoms with Crippen molar-refractivity contribution in [1.82, 2.24) is 9.97 Å². The molecule has 0 saturated carbocycles. The highest BCUT2D eigenvalue weighted by atomic mass is 16.5. The third-order valence-corrected chi connectivity index (χ3v) is 5.34. The second kappa shape index (κ2) is 8.13. The van der Waals surface area contributed by atoms with Gasteiger partial charge in [0.2, 0.25) is 5.95 Å². The first-order valence-corrected chi connectivity index (χ1v) is 9.98. The van der Waals surface area contributed by atoms with E-state index < -0.39 is 0 Å². The molecule has 2 aromatic carbocycles. The van der Waals surface area contributed by atoms with Crippen LogP contribution in [0.25, 0.3) is 11.0 Å². The van der Waals surface area contributed by atoms with Crippen LogP contribution in [-0.2, 0) is 4.74 Å². The fourth-order valence-electron chi connectivity index (χ4n) is 3.33. The van der Waals surface area contributed by atoms with Crippen LogP contribution in [0.2, 0.25) is 0 Å². The summed E-state index contributed by atoms with van der Waals surface area (Å²) in [7, 11) is 2.01. The smallest absolute Gasteiger partial charge is 0.255 e. The summed E-state index contributed by atoms with van der Waals surface area (Å²) in [6, 6.07) is 13.8. The number of carbonyl (C=O) groups excluding carboxylic acids is 1. The first-order valence-electron chi connectivity index (χ1n) is 9.98. The van der Waals surface area contributed by atoms with E-state index in [-0.39, 0.29) is 5.91 Å². The molecule has 0 aliphatic carbocycles. The Bertz CT molecular complexity index is 990. The van der Waals surface area contributed by atoms with Crippen molar-refractivity contribution >= 4 is 34.3 Å². The van der Waals surface area contributed by atoms with E-state index >= 15 is 0 Å². The number of morpholine rings is 1. The van der Waals surface area contributed by atoms with Crippen molar-refractivity contribution in [3.8, 4) is 0 Å². The van der Waals surface area contributed by atoms with Crippen molar-refractivity contribution in [2.75, 3.05) is 48.5 Å². The Morgan fingerprint density at radius 3 is 2.59 bits per heavy atom. The van der Waals surface area contributed by atoms with Crippen molar-refractivity contribution in [2.24, 2.45) is 0 Å². The third-order valence-electron chi connectivity index (χ3n) is 5.34. The summed E-state index contributed by atoms with van der Waals surface area (Å²) in [6.45, 7) is 7.47. The van der Waals surface area contributed by atoms with Gasteiger partial charge >= 0.3 is 0 Å². The number of hydrogen-bond donors (Lipinski definition) is 2. The molecule has 7 nitrogen and oxygen atoms in total. The van der Waals surface area contributed by atoms with E-state index in [9.17, 15) is 4.79 Å². The monoisotopic (exact) mass is 393 g/mol. The average molecular weight is 393 g/mol. The molecule has 0 radical (unpaired) electrons. The molecule has 1 fully saturated rings. The first kappa shape index (κ1) is 19.3. The quantitative estimate of drug-likeness (QED) is 0.694. The van der Waals surface area contributed by atoms with Crippen molar-refractivity contribution in [3.05, 3.63) is 48.0 Å². The molecule has 0 unspecified atom stereocenters. The molecule has 1 aliphatic rings. The molecule has 1 amide bonds. The van der Waals surface area contributed by atoms with Crippen molar-refractivity contribution in [2.45, 2.75) is 19.9 Å². The lowest BCUT2D eigenvalue weighted by Crippen LogP contribution is -2.36. The van der Waals surface area contributed by atoms with Gasteiger partial charge in [0.05, 0.1) is 24.2 Å². The number of aromatic nitrogens is 2. The minimum Gasteiger partial charge on any atom is -0.378 e. The fourth-order valence-corrected chi connectivity index (χ4v) is 3.33. The molecule has 7 heteroatoms. The molecule has 1 saturated heterocycles. The number of carbonyl (C=O) groups is 1. The average Bonchev–Trinajstić information content (AvgIpc) is 3.17. The molecule has 0 bridgehead atoms. The zero-order valence-corrected chi connectivity index (χ0v) is 17.1. The summed E-state index contributed by atoms with van der Waals surface area (Å²) in [5.74, 6) is 0.689. The van der Waals surface area contributed by atoms with Crippen LogP contribution in [-0.4, -0.2) is 55.3 Å². The maximum atomic E-state index is 12.7. The Balaban J connectivity index is 1.46. The second-order valence-corrected chi connectivity index (χ2v) is 7.60. The van der Waals surface area contributed by atoms with Gasteiger partial charge in [-0.2, -0.15) is 0 Å². The van der Waals surface area contributed by atoms with Gasteiger partial charge in [-0.25, -0.2) is 4.98 Å². The van der Waals surface area contributed by atoms with Gasteiger partial charge in [-0.3, -0.25) is 4.79 Å². The maximum Gasteiger partial charge on any atom is 0.255 e. The van der Waals surface area contributed by atoms with Gasteiger partial charge in [-0.15, -0.1) is 0 Å². The predicted molar refractivity (Wildman–Crippen MR) is 117 cm³/mol. The molecule has 2 N–H and O–H groups in total. The van der Waals surface area contributed by atoms with Crippen molar-refractivity contribution in [3.63, 3.8) is 0 Å². The minimum absolute atomic E-state index is 0.128. The zero-order valence-electron chi connectivity index (χ0n) is 17.1. The van der Waals surface area contributed by atoms with Gasteiger partial charge in [-0.05, 0) is 56.3 Å². The highest BCUT2D eigenvalue weighted by Gasteiger charge is 2.14. The Labute approximate surface area is 170 Å². The number of ether oxygens (including phenoxy) is 1. The van der Waals surface area contributed by atoms with Crippen LogP contribution in [0, 0.1) is 0 Å². The first-order chi connectivity index (χ1) is 14.0. The number of imidazole rings is 1. The number of hydrogen-bond acceptors (Lipinski definition) is 5. The van der Waals surface area contributed by atoms with E-state index in [1.807, 2.05) is 49.5 Å². The minimum atomic E-state index is -0.128. The zero-order chi connectivity index (χ0) is 20.4. The van der Waals surface area contributed by atoms with Crippen LogP contribution in [0.5, 0.6) is 0 Å². The van der Waals surface area contributed by atoms with Gasteiger partial charge in [0.1, 0.15) is 0 Å². The van der Waals surface area contributed by atoms with Crippen LogP contribution in [0.15, 0.2) is 42.5 Å². The molecule has 29 heavy (non-hydrogen) atoms. The topological polar surface area (TPSA) is 73.5 Å². The molecule has 1 aromatic heterocycles. The molecule has 1 aliphatic heterocycles. The standard InChI is InChI=1S/C22H27N5O2/c1-15(2)26(3)22-24-19-9-6-17(14-20(19)25-22)23-21(28)16-4-7-18(8-5-16)27-10-12-29-13-11-27/h4-9,14-15H,10-13H2,1-3H3,(H,23,28)(H,24,25). The SMILES string of the molecule is CC(C)N(C)c1nc2ccc(NC(=O)c3ccc(N4CCOCC4)cc3)cc2[nH]1. The van der Waals surface area contributed by atoms with Gasteiger partial charge in [0.15, 0.2) is 0 Å². The predicted octanol–water partition coefficient (Wildman–Crippen LogP) is 3.50. The van der Waals surface area contributed by atoms with E-state index in [1.165, 1.54) is 0 Å². The van der Waals surface area contributed by atoms with E-state index in [1.54, 1.807) is 0 Å². The number of H-pyrrole nitrogens is 1. The Morgan fingerprint density at radius 1 is 1.17 bits per heavy atom. The second-order valence-electron chi connectivity index (χ2n) is 7.60. The number of rotatable bonds is 5. The number of aromatic amines is 1. The van der Waals surface area contributed by atoms with Crippen LogP contribution in [0.1, 0.15) is 24.2 Å².